The summed E-state index contributed by atoms with van der Waals surface area (Å²) in [6.07, 6.45) is 0. The van der Waals surface area contributed by atoms with Gasteiger partial charge in [-0.2, -0.15) is 0 Å². The van der Waals surface area contributed by atoms with Gasteiger partial charge in [0.1, 0.15) is 5.75 Å². The molecule has 0 aliphatic heterocycles. The van der Waals surface area contributed by atoms with E-state index in [1.807, 2.05) is 19.1 Å². The summed E-state index contributed by atoms with van der Waals surface area (Å²) >= 11 is 3.42. The molecule has 126 valence electrons. The van der Waals surface area contributed by atoms with Crippen LogP contribution in [-0.2, 0) is 4.79 Å². The molecule has 0 spiro atoms. The first-order chi connectivity index (χ1) is 11.4. The highest BCUT2D eigenvalue weighted by atomic mass is 79.9. The van der Waals surface area contributed by atoms with Crippen LogP contribution in [0.1, 0.15) is 15.9 Å². The van der Waals surface area contributed by atoms with Crippen LogP contribution in [-0.4, -0.2) is 37.4 Å². The average molecular weight is 391 g/mol. The zero-order valence-corrected chi connectivity index (χ0v) is 15.4. The first kappa shape index (κ1) is 18.0. The molecule has 2 aromatic rings. The van der Waals surface area contributed by atoms with E-state index in [1.54, 1.807) is 44.4 Å². The van der Waals surface area contributed by atoms with Crippen molar-refractivity contribution >= 4 is 33.4 Å². The molecule has 2 aromatic carbocycles. The summed E-state index contributed by atoms with van der Waals surface area (Å²) in [6.45, 7) is 1.81. The third-order valence-electron chi connectivity index (χ3n) is 3.34. The van der Waals surface area contributed by atoms with E-state index in [9.17, 15) is 9.59 Å². The molecule has 0 aliphatic carbocycles. The Hall–Kier alpha value is -2.34. The van der Waals surface area contributed by atoms with E-state index in [4.69, 9.17) is 4.74 Å². The molecule has 0 fully saturated rings. The van der Waals surface area contributed by atoms with Gasteiger partial charge in [0.25, 0.3) is 11.8 Å². The van der Waals surface area contributed by atoms with Crippen LogP contribution in [0.3, 0.4) is 0 Å². The lowest BCUT2D eigenvalue weighted by atomic mass is 10.1. The Morgan fingerprint density at radius 1 is 1.17 bits per heavy atom. The number of nitrogens with zero attached hydrogens (tertiary/aromatic N) is 1. The molecule has 0 aliphatic rings. The Balaban J connectivity index is 2.02. The van der Waals surface area contributed by atoms with Gasteiger partial charge in [0, 0.05) is 18.6 Å². The second kappa shape index (κ2) is 7.97. The predicted molar refractivity (Wildman–Crippen MR) is 97.5 cm³/mol. The number of carbonyl (C=O) groups is 2. The summed E-state index contributed by atoms with van der Waals surface area (Å²) in [4.78, 5) is 25.7. The smallest absolute Gasteiger partial charge is 0.262 e. The number of amides is 2. The molecule has 0 atom stereocenters. The van der Waals surface area contributed by atoms with Crippen molar-refractivity contribution in [2.75, 3.05) is 26.0 Å². The van der Waals surface area contributed by atoms with Gasteiger partial charge >= 0.3 is 0 Å². The lowest BCUT2D eigenvalue weighted by Crippen LogP contribution is -2.25. The van der Waals surface area contributed by atoms with Crippen LogP contribution >= 0.6 is 15.9 Å². The first-order valence-electron chi connectivity index (χ1n) is 7.38. The van der Waals surface area contributed by atoms with Gasteiger partial charge in [0.05, 0.1) is 11.3 Å². The Morgan fingerprint density at radius 3 is 2.54 bits per heavy atom. The molecule has 2 rings (SSSR count). The number of hydrogen-bond acceptors (Lipinski definition) is 3. The molecule has 0 heterocycles. The topological polar surface area (TPSA) is 58.6 Å². The summed E-state index contributed by atoms with van der Waals surface area (Å²) in [6, 6.07) is 12.4. The quantitative estimate of drug-likeness (QED) is 0.849. The molecule has 0 radical (unpaired) electrons. The molecule has 5 nitrogen and oxygen atoms in total. The third kappa shape index (κ3) is 4.58. The minimum atomic E-state index is -0.324. The zero-order valence-electron chi connectivity index (χ0n) is 13.8. The molecular formula is C18H19BrN2O3. The maximum absolute atomic E-state index is 12.1. The van der Waals surface area contributed by atoms with Gasteiger partial charge in [-0.25, -0.2) is 0 Å². The van der Waals surface area contributed by atoms with E-state index in [-0.39, 0.29) is 18.4 Å². The Kier molecular flexibility index (Phi) is 5.98. The summed E-state index contributed by atoms with van der Waals surface area (Å²) in [5.74, 6) is 0.119. The minimum absolute atomic E-state index is 0.133. The van der Waals surface area contributed by atoms with Crippen LogP contribution in [0.15, 0.2) is 46.9 Å². The number of rotatable bonds is 5. The maximum atomic E-state index is 12.1. The van der Waals surface area contributed by atoms with Gasteiger partial charge < -0.3 is 15.0 Å². The molecule has 0 unspecified atom stereocenters. The Labute approximate surface area is 149 Å². The standard InChI is InChI=1S/C18H19BrN2O3/c1-12-10-13(8-9-15(12)19)24-11-17(22)20-16-7-5-4-6-14(16)18(23)21(2)3/h4-10H,11H2,1-3H3,(H,20,22). The minimum Gasteiger partial charge on any atom is -0.484 e. The average Bonchev–Trinajstić information content (AvgIpc) is 2.55. The molecule has 24 heavy (non-hydrogen) atoms. The van der Waals surface area contributed by atoms with Crippen molar-refractivity contribution in [3.05, 3.63) is 58.1 Å². The van der Waals surface area contributed by atoms with Crippen LogP contribution in [0.2, 0.25) is 0 Å². The fourth-order valence-electron chi connectivity index (χ4n) is 2.06. The van der Waals surface area contributed by atoms with Gasteiger partial charge in [0.15, 0.2) is 6.61 Å². The van der Waals surface area contributed by atoms with Crippen molar-refractivity contribution in [2.24, 2.45) is 0 Å². The predicted octanol–water partition coefficient (Wildman–Crippen LogP) is 3.48. The van der Waals surface area contributed by atoms with Crippen LogP contribution in [0.5, 0.6) is 5.75 Å². The number of carbonyl (C=O) groups excluding carboxylic acids is 2. The fraction of sp³-hybridized carbons (Fsp3) is 0.222. The van der Waals surface area contributed by atoms with Crippen molar-refractivity contribution in [2.45, 2.75) is 6.92 Å². The second-order valence-electron chi connectivity index (χ2n) is 5.49. The van der Waals surface area contributed by atoms with E-state index in [1.165, 1.54) is 4.90 Å². The van der Waals surface area contributed by atoms with Gasteiger partial charge in [-0.3, -0.25) is 9.59 Å². The van der Waals surface area contributed by atoms with Crippen LogP contribution in [0, 0.1) is 6.92 Å². The third-order valence-corrected chi connectivity index (χ3v) is 4.23. The lowest BCUT2D eigenvalue weighted by Gasteiger charge is -2.15. The number of benzene rings is 2. The molecule has 0 saturated heterocycles. The van der Waals surface area contributed by atoms with Gasteiger partial charge in [-0.05, 0) is 42.8 Å². The van der Waals surface area contributed by atoms with Crippen molar-refractivity contribution in [3.8, 4) is 5.75 Å². The highest BCUT2D eigenvalue weighted by molar-refractivity contribution is 9.10. The van der Waals surface area contributed by atoms with Crippen LogP contribution < -0.4 is 10.1 Å². The number of anilines is 1. The summed E-state index contributed by atoms with van der Waals surface area (Å²) in [5.41, 5.74) is 1.93. The summed E-state index contributed by atoms with van der Waals surface area (Å²) in [5, 5.41) is 2.72. The number of para-hydroxylation sites is 1. The number of hydrogen-bond donors (Lipinski definition) is 1. The maximum Gasteiger partial charge on any atom is 0.262 e. The van der Waals surface area contributed by atoms with E-state index in [0.717, 1.165) is 10.0 Å². The van der Waals surface area contributed by atoms with Gasteiger partial charge in [-0.1, -0.05) is 28.1 Å². The molecule has 0 saturated carbocycles. The van der Waals surface area contributed by atoms with E-state index in [2.05, 4.69) is 21.2 Å². The molecular weight excluding hydrogens is 372 g/mol. The molecule has 1 N–H and O–H groups in total. The highest BCUT2D eigenvalue weighted by Gasteiger charge is 2.14. The number of ether oxygens (including phenoxy) is 1. The molecule has 6 heteroatoms. The Bertz CT molecular complexity index is 760. The van der Waals surface area contributed by atoms with Crippen LogP contribution in [0.4, 0.5) is 5.69 Å². The molecule has 2 amide bonds. The summed E-state index contributed by atoms with van der Waals surface area (Å²) < 4.78 is 6.48. The zero-order chi connectivity index (χ0) is 17.7. The monoisotopic (exact) mass is 390 g/mol. The second-order valence-corrected chi connectivity index (χ2v) is 6.35. The van der Waals surface area contributed by atoms with Crippen molar-refractivity contribution in [1.82, 2.24) is 4.90 Å². The number of aryl methyl sites for hydroxylation is 1. The van der Waals surface area contributed by atoms with Gasteiger partial charge in [-0.15, -0.1) is 0 Å². The summed E-state index contributed by atoms with van der Waals surface area (Å²) in [7, 11) is 3.33. The van der Waals surface area contributed by atoms with Crippen LogP contribution in [0.25, 0.3) is 0 Å². The number of halogens is 1. The van der Waals surface area contributed by atoms with Crippen molar-refractivity contribution in [1.29, 1.82) is 0 Å². The largest absolute Gasteiger partial charge is 0.484 e. The first-order valence-corrected chi connectivity index (χ1v) is 8.17. The molecule has 0 aromatic heterocycles. The van der Waals surface area contributed by atoms with Crippen molar-refractivity contribution < 1.29 is 14.3 Å². The Morgan fingerprint density at radius 2 is 1.88 bits per heavy atom. The van der Waals surface area contributed by atoms with E-state index in [0.29, 0.717) is 17.0 Å². The number of nitrogens with one attached hydrogen (secondary N) is 1. The fourth-order valence-corrected chi connectivity index (χ4v) is 2.31. The SMILES string of the molecule is Cc1cc(OCC(=O)Nc2ccccc2C(=O)N(C)C)ccc1Br. The van der Waals surface area contributed by atoms with E-state index >= 15 is 0 Å². The van der Waals surface area contributed by atoms with Crippen molar-refractivity contribution in [3.63, 3.8) is 0 Å². The highest BCUT2D eigenvalue weighted by Crippen LogP contribution is 2.22. The molecule has 0 bridgehead atoms. The van der Waals surface area contributed by atoms with Gasteiger partial charge in [0.2, 0.25) is 0 Å². The van der Waals surface area contributed by atoms with E-state index < -0.39 is 0 Å². The lowest BCUT2D eigenvalue weighted by molar-refractivity contribution is -0.118. The normalized spacial score (nSPS) is 10.2.